The lowest BCUT2D eigenvalue weighted by Crippen LogP contribution is -2.14. The zero-order chi connectivity index (χ0) is 11.4. The Labute approximate surface area is 99.9 Å². The third-order valence-electron chi connectivity index (χ3n) is 2.38. The Bertz CT molecular complexity index is 347. The standard InChI is InChI=1S/C11H15F2NO.ClH/c1-7-4-5-8(11(13)10(7)12)9(14)3-2-6-15;/h4-5,9,15H,2-3,6,14H2,1H3;1H/t9-;/m1./s1. The Kier molecular flexibility index (Phi) is 6.48. The average Bonchev–Trinajstić information content (AvgIpc) is 2.23. The van der Waals surface area contributed by atoms with Crippen molar-refractivity contribution in [3.8, 4) is 0 Å². The zero-order valence-corrected chi connectivity index (χ0v) is 9.86. The van der Waals surface area contributed by atoms with Crippen LogP contribution in [0.15, 0.2) is 12.1 Å². The van der Waals surface area contributed by atoms with Crippen LogP contribution in [0.2, 0.25) is 0 Å². The molecule has 0 aromatic heterocycles. The van der Waals surface area contributed by atoms with Crippen LogP contribution in [0.1, 0.15) is 30.0 Å². The van der Waals surface area contributed by atoms with Crippen LogP contribution in [-0.2, 0) is 0 Å². The first-order chi connectivity index (χ1) is 7.07. The van der Waals surface area contributed by atoms with E-state index in [4.69, 9.17) is 10.8 Å². The number of aryl methyl sites for hydroxylation is 1. The second-order valence-electron chi connectivity index (χ2n) is 3.57. The van der Waals surface area contributed by atoms with Gasteiger partial charge in [-0.3, -0.25) is 0 Å². The van der Waals surface area contributed by atoms with Gasteiger partial charge in [0.1, 0.15) is 0 Å². The molecule has 0 saturated heterocycles. The minimum atomic E-state index is -0.875. The van der Waals surface area contributed by atoms with Crippen LogP contribution in [0.25, 0.3) is 0 Å². The molecule has 0 amide bonds. The Hall–Kier alpha value is -0.710. The van der Waals surface area contributed by atoms with Gasteiger partial charge in [0, 0.05) is 18.2 Å². The molecule has 0 bridgehead atoms. The summed E-state index contributed by atoms with van der Waals surface area (Å²) in [5.41, 5.74) is 6.12. The first-order valence-corrected chi connectivity index (χ1v) is 4.89. The van der Waals surface area contributed by atoms with Crippen molar-refractivity contribution in [1.29, 1.82) is 0 Å². The maximum Gasteiger partial charge on any atom is 0.163 e. The fraction of sp³-hybridized carbons (Fsp3) is 0.455. The van der Waals surface area contributed by atoms with Gasteiger partial charge in [-0.2, -0.15) is 0 Å². The highest BCUT2D eigenvalue weighted by atomic mass is 35.5. The SMILES string of the molecule is Cc1ccc([C@H](N)CCCO)c(F)c1F.Cl. The smallest absolute Gasteiger partial charge is 0.163 e. The molecule has 1 rings (SSSR count). The molecule has 3 N–H and O–H groups in total. The summed E-state index contributed by atoms with van der Waals surface area (Å²) in [4.78, 5) is 0. The van der Waals surface area contributed by atoms with Gasteiger partial charge in [-0.1, -0.05) is 12.1 Å². The molecular formula is C11H16ClF2NO. The first kappa shape index (κ1) is 15.3. The van der Waals surface area contributed by atoms with Gasteiger partial charge in [0.25, 0.3) is 0 Å². The monoisotopic (exact) mass is 251 g/mol. The van der Waals surface area contributed by atoms with Crippen LogP contribution >= 0.6 is 12.4 Å². The second-order valence-corrected chi connectivity index (χ2v) is 3.57. The van der Waals surface area contributed by atoms with Crippen molar-refractivity contribution in [2.24, 2.45) is 5.73 Å². The molecule has 1 aromatic rings. The predicted octanol–water partition coefficient (Wildman–Crippen LogP) is 2.47. The van der Waals surface area contributed by atoms with Crippen LogP contribution in [-0.4, -0.2) is 11.7 Å². The fourth-order valence-electron chi connectivity index (χ4n) is 1.41. The molecule has 92 valence electrons. The lowest BCUT2D eigenvalue weighted by atomic mass is 10.0. The van der Waals surface area contributed by atoms with Crippen molar-refractivity contribution in [2.75, 3.05) is 6.61 Å². The summed E-state index contributed by atoms with van der Waals surface area (Å²) in [6.45, 7) is 1.51. The fourth-order valence-corrected chi connectivity index (χ4v) is 1.41. The normalized spacial score (nSPS) is 12.1. The minimum absolute atomic E-state index is 0. The largest absolute Gasteiger partial charge is 0.396 e. The number of aliphatic hydroxyl groups is 1. The molecule has 0 aliphatic rings. The maximum absolute atomic E-state index is 13.4. The van der Waals surface area contributed by atoms with Crippen molar-refractivity contribution in [1.82, 2.24) is 0 Å². The number of halogens is 3. The molecule has 0 heterocycles. The molecule has 16 heavy (non-hydrogen) atoms. The lowest BCUT2D eigenvalue weighted by Gasteiger charge is -2.13. The van der Waals surface area contributed by atoms with Crippen LogP contribution < -0.4 is 5.73 Å². The molecule has 0 aliphatic heterocycles. The summed E-state index contributed by atoms with van der Waals surface area (Å²) in [6.07, 6.45) is 0.923. The van der Waals surface area contributed by atoms with Crippen molar-refractivity contribution in [3.63, 3.8) is 0 Å². The van der Waals surface area contributed by atoms with Gasteiger partial charge in [0.15, 0.2) is 11.6 Å². The van der Waals surface area contributed by atoms with E-state index in [1.165, 1.54) is 19.1 Å². The van der Waals surface area contributed by atoms with Crippen LogP contribution in [0.4, 0.5) is 8.78 Å². The zero-order valence-electron chi connectivity index (χ0n) is 9.04. The van der Waals surface area contributed by atoms with Crippen molar-refractivity contribution in [2.45, 2.75) is 25.8 Å². The molecular weight excluding hydrogens is 236 g/mol. The molecule has 1 atom stereocenters. The highest BCUT2D eigenvalue weighted by molar-refractivity contribution is 5.85. The van der Waals surface area contributed by atoms with E-state index in [2.05, 4.69) is 0 Å². The number of rotatable bonds is 4. The second kappa shape index (κ2) is 6.78. The van der Waals surface area contributed by atoms with Crippen molar-refractivity contribution >= 4 is 12.4 Å². The molecule has 0 radical (unpaired) electrons. The number of hydrogen-bond donors (Lipinski definition) is 2. The van der Waals surface area contributed by atoms with E-state index >= 15 is 0 Å². The Balaban J connectivity index is 0.00000225. The molecule has 0 fully saturated rings. The van der Waals surface area contributed by atoms with E-state index in [1.807, 2.05) is 0 Å². The average molecular weight is 252 g/mol. The quantitative estimate of drug-likeness (QED) is 0.864. The van der Waals surface area contributed by atoms with Gasteiger partial charge in [0.05, 0.1) is 0 Å². The molecule has 0 unspecified atom stereocenters. The molecule has 2 nitrogen and oxygen atoms in total. The lowest BCUT2D eigenvalue weighted by molar-refractivity contribution is 0.279. The van der Waals surface area contributed by atoms with E-state index < -0.39 is 17.7 Å². The molecule has 0 aliphatic carbocycles. The highest BCUT2D eigenvalue weighted by Gasteiger charge is 2.15. The Morgan fingerprint density at radius 2 is 1.94 bits per heavy atom. The van der Waals surface area contributed by atoms with Gasteiger partial charge in [0.2, 0.25) is 0 Å². The van der Waals surface area contributed by atoms with E-state index in [0.29, 0.717) is 12.8 Å². The van der Waals surface area contributed by atoms with Crippen LogP contribution in [0.3, 0.4) is 0 Å². The summed E-state index contributed by atoms with van der Waals surface area (Å²) in [5, 5.41) is 8.61. The summed E-state index contributed by atoms with van der Waals surface area (Å²) in [5.74, 6) is -1.72. The summed E-state index contributed by atoms with van der Waals surface area (Å²) < 4.78 is 26.6. The Morgan fingerprint density at radius 1 is 1.31 bits per heavy atom. The van der Waals surface area contributed by atoms with Crippen molar-refractivity contribution in [3.05, 3.63) is 34.9 Å². The van der Waals surface area contributed by atoms with Gasteiger partial charge in [-0.25, -0.2) is 8.78 Å². The molecule has 5 heteroatoms. The predicted molar refractivity (Wildman–Crippen MR) is 61.6 cm³/mol. The van der Waals surface area contributed by atoms with Crippen molar-refractivity contribution < 1.29 is 13.9 Å². The van der Waals surface area contributed by atoms with Gasteiger partial charge < -0.3 is 10.8 Å². The van der Waals surface area contributed by atoms with Crippen LogP contribution in [0, 0.1) is 18.6 Å². The number of hydrogen-bond acceptors (Lipinski definition) is 2. The van der Waals surface area contributed by atoms with Gasteiger partial charge in [-0.15, -0.1) is 12.4 Å². The van der Waals surface area contributed by atoms with Gasteiger partial charge in [-0.05, 0) is 25.3 Å². The first-order valence-electron chi connectivity index (χ1n) is 4.89. The summed E-state index contributed by atoms with van der Waals surface area (Å²) in [6, 6.07) is 2.44. The van der Waals surface area contributed by atoms with Gasteiger partial charge >= 0.3 is 0 Å². The summed E-state index contributed by atoms with van der Waals surface area (Å²) >= 11 is 0. The highest BCUT2D eigenvalue weighted by Crippen LogP contribution is 2.22. The molecule has 0 saturated carbocycles. The van der Waals surface area contributed by atoms with E-state index in [1.54, 1.807) is 0 Å². The third-order valence-corrected chi connectivity index (χ3v) is 2.38. The van der Waals surface area contributed by atoms with E-state index in [9.17, 15) is 8.78 Å². The maximum atomic E-state index is 13.4. The third kappa shape index (κ3) is 3.40. The Morgan fingerprint density at radius 3 is 2.50 bits per heavy atom. The summed E-state index contributed by atoms with van der Waals surface area (Å²) in [7, 11) is 0. The molecule has 0 spiro atoms. The number of nitrogens with two attached hydrogens (primary N) is 1. The van der Waals surface area contributed by atoms with E-state index in [0.717, 1.165) is 0 Å². The van der Waals surface area contributed by atoms with Crippen LogP contribution in [0.5, 0.6) is 0 Å². The minimum Gasteiger partial charge on any atom is -0.396 e. The number of benzene rings is 1. The topological polar surface area (TPSA) is 46.2 Å². The van der Waals surface area contributed by atoms with E-state index in [-0.39, 0.29) is 30.1 Å². The number of aliphatic hydroxyl groups excluding tert-OH is 1. The molecule has 1 aromatic carbocycles.